The van der Waals surface area contributed by atoms with Crippen LogP contribution in [0, 0.1) is 17.1 Å². The summed E-state index contributed by atoms with van der Waals surface area (Å²) in [5.41, 5.74) is 1.04. The summed E-state index contributed by atoms with van der Waals surface area (Å²) >= 11 is 0. The zero-order chi connectivity index (χ0) is 14.5. The Morgan fingerprint density at radius 1 is 1.20 bits per heavy atom. The lowest BCUT2D eigenvalue weighted by atomic mass is 10.1. The second-order valence-corrected chi connectivity index (χ2v) is 4.41. The lowest BCUT2D eigenvalue weighted by Crippen LogP contribution is -2.11. The van der Waals surface area contributed by atoms with Crippen molar-refractivity contribution in [2.45, 2.75) is 13.0 Å². The molecule has 0 aliphatic carbocycles. The molecule has 0 radical (unpaired) electrons. The predicted molar refractivity (Wildman–Crippen MR) is 75.1 cm³/mol. The first-order valence-electron chi connectivity index (χ1n) is 6.29. The van der Waals surface area contributed by atoms with Crippen LogP contribution in [0.25, 0.3) is 0 Å². The highest BCUT2D eigenvalue weighted by atomic mass is 19.1. The number of ether oxygens (including phenoxy) is 1. The molecule has 1 N–H and O–H groups in total. The van der Waals surface area contributed by atoms with Crippen molar-refractivity contribution in [3.8, 4) is 17.6 Å². The van der Waals surface area contributed by atoms with E-state index in [-0.39, 0.29) is 17.4 Å². The fourth-order valence-electron chi connectivity index (χ4n) is 1.82. The number of nitrogens with zero attached hydrogens (tertiary/aromatic N) is 1. The number of halogens is 1. The fourth-order valence-corrected chi connectivity index (χ4v) is 1.82. The van der Waals surface area contributed by atoms with Gasteiger partial charge in [0.25, 0.3) is 0 Å². The highest BCUT2D eigenvalue weighted by molar-refractivity contribution is 5.46. The third kappa shape index (κ3) is 2.95. The van der Waals surface area contributed by atoms with Crippen molar-refractivity contribution in [2.75, 3.05) is 7.05 Å². The van der Waals surface area contributed by atoms with Gasteiger partial charge in [0.15, 0.2) is 0 Å². The molecule has 0 bridgehead atoms. The van der Waals surface area contributed by atoms with E-state index < -0.39 is 5.82 Å². The molecule has 4 heteroatoms. The van der Waals surface area contributed by atoms with Crippen LogP contribution in [0.15, 0.2) is 42.5 Å². The molecule has 2 aromatic rings. The maximum atomic E-state index is 13.5. The summed E-state index contributed by atoms with van der Waals surface area (Å²) in [6.45, 7) is 2.05. The molecule has 0 spiro atoms. The van der Waals surface area contributed by atoms with E-state index in [1.807, 2.05) is 25.2 Å². The maximum absolute atomic E-state index is 13.5. The standard InChI is InChI=1S/C16H15FN2O/c1-11(19-2)12-6-8-13(9-7-12)20-16-5-3-4-15(17)14(16)10-18/h3-9,11,19H,1-2H3. The lowest BCUT2D eigenvalue weighted by molar-refractivity contribution is 0.474. The number of benzene rings is 2. The van der Waals surface area contributed by atoms with E-state index in [1.54, 1.807) is 18.2 Å². The van der Waals surface area contributed by atoms with Crippen LogP contribution in [0.2, 0.25) is 0 Å². The molecule has 1 unspecified atom stereocenters. The SMILES string of the molecule is CNC(C)c1ccc(Oc2cccc(F)c2C#N)cc1. The Morgan fingerprint density at radius 3 is 2.50 bits per heavy atom. The first kappa shape index (κ1) is 14.0. The molecule has 0 saturated heterocycles. The van der Waals surface area contributed by atoms with Crippen LogP contribution in [-0.4, -0.2) is 7.05 Å². The second kappa shape index (κ2) is 6.18. The van der Waals surface area contributed by atoms with Crippen LogP contribution in [0.5, 0.6) is 11.5 Å². The summed E-state index contributed by atoms with van der Waals surface area (Å²) in [7, 11) is 1.89. The van der Waals surface area contributed by atoms with Gasteiger partial charge >= 0.3 is 0 Å². The van der Waals surface area contributed by atoms with E-state index in [0.717, 1.165) is 5.56 Å². The van der Waals surface area contributed by atoms with Gasteiger partial charge in [-0.1, -0.05) is 18.2 Å². The topological polar surface area (TPSA) is 45.0 Å². The molecule has 0 heterocycles. The van der Waals surface area contributed by atoms with Crippen molar-refractivity contribution < 1.29 is 9.13 Å². The Labute approximate surface area is 117 Å². The Balaban J connectivity index is 2.23. The summed E-state index contributed by atoms with van der Waals surface area (Å²) in [5, 5.41) is 12.1. The summed E-state index contributed by atoms with van der Waals surface area (Å²) in [5.74, 6) is 0.214. The van der Waals surface area contributed by atoms with Crippen LogP contribution in [0.1, 0.15) is 24.1 Å². The minimum absolute atomic E-state index is 0.0832. The fraction of sp³-hybridized carbons (Fsp3) is 0.188. The molecule has 0 saturated carbocycles. The highest BCUT2D eigenvalue weighted by Gasteiger charge is 2.10. The average molecular weight is 270 g/mol. The van der Waals surface area contributed by atoms with Crippen LogP contribution < -0.4 is 10.1 Å². The number of nitrogens with one attached hydrogen (secondary N) is 1. The largest absolute Gasteiger partial charge is 0.456 e. The normalized spacial score (nSPS) is 11.7. The average Bonchev–Trinajstić information content (AvgIpc) is 2.47. The lowest BCUT2D eigenvalue weighted by Gasteiger charge is -2.12. The molecule has 0 fully saturated rings. The molecule has 2 aromatic carbocycles. The zero-order valence-corrected chi connectivity index (χ0v) is 11.4. The van der Waals surface area contributed by atoms with Crippen LogP contribution in [0.4, 0.5) is 4.39 Å². The van der Waals surface area contributed by atoms with Crippen molar-refractivity contribution in [1.29, 1.82) is 5.26 Å². The van der Waals surface area contributed by atoms with Gasteiger partial charge in [0, 0.05) is 6.04 Å². The quantitative estimate of drug-likeness (QED) is 0.919. The van der Waals surface area contributed by atoms with E-state index in [0.29, 0.717) is 5.75 Å². The third-order valence-corrected chi connectivity index (χ3v) is 3.13. The first-order chi connectivity index (χ1) is 9.65. The third-order valence-electron chi connectivity index (χ3n) is 3.13. The molecule has 20 heavy (non-hydrogen) atoms. The summed E-state index contributed by atoms with van der Waals surface area (Å²) < 4.78 is 19.0. The minimum atomic E-state index is -0.578. The van der Waals surface area contributed by atoms with Crippen molar-refractivity contribution in [3.05, 3.63) is 59.4 Å². The van der Waals surface area contributed by atoms with Gasteiger partial charge in [0.1, 0.15) is 28.9 Å². The monoisotopic (exact) mass is 270 g/mol. The Bertz CT molecular complexity index is 632. The molecule has 0 aliphatic heterocycles. The van der Waals surface area contributed by atoms with E-state index >= 15 is 0 Å². The van der Waals surface area contributed by atoms with Crippen molar-refractivity contribution >= 4 is 0 Å². The highest BCUT2D eigenvalue weighted by Crippen LogP contribution is 2.27. The molecule has 0 amide bonds. The summed E-state index contributed by atoms with van der Waals surface area (Å²) in [4.78, 5) is 0. The van der Waals surface area contributed by atoms with E-state index in [9.17, 15) is 4.39 Å². The van der Waals surface area contributed by atoms with Gasteiger partial charge < -0.3 is 10.1 Å². The van der Waals surface area contributed by atoms with E-state index in [1.165, 1.54) is 12.1 Å². The molecule has 102 valence electrons. The van der Waals surface area contributed by atoms with Gasteiger partial charge in [0.2, 0.25) is 0 Å². The summed E-state index contributed by atoms with van der Waals surface area (Å²) in [6.07, 6.45) is 0. The van der Waals surface area contributed by atoms with Crippen molar-refractivity contribution in [2.24, 2.45) is 0 Å². The van der Waals surface area contributed by atoms with Crippen LogP contribution in [0.3, 0.4) is 0 Å². The number of rotatable bonds is 4. The molecule has 0 aromatic heterocycles. The second-order valence-electron chi connectivity index (χ2n) is 4.41. The minimum Gasteiger partial charge on any atom is -0.456 e. The Morgan fingerprint density at radius 2 is 1.90 bits per heavy atom. The first-order valence-corrected chi connectivity index (χ1v) is 6.29. The Hall–Kier alpha value is -2.38. The number of nitriles is 1. The van der Waals surface area contributed by atoms with Gasteiger partial charge in [-0.2, -0.15) is 5.26 Å². The van der Waals surface area contributed by atoms with Gasteiger partial charge in [-0.15, -0.1) is 0 Å². The molecule has 2 rings (SSSR count). The zero-order valence-electron chi connectivity index (χ0n) is 11.4. The smallest absolute Gasteiger partial charge is 0.148 e. The van der Waals surface area contributed by atoms with E-state index in [2.05, 4.69) is 12.2 Å². The van der Waals surface area contributed by atoms with Crippen molar-refractivity contribution in [1.82, 2.24) is 5.32 Å². The molecule has 3 nitrogen and oxygen atoms in total. The van der Waals surface area contributed by atoms with Crippen LogP contribution >= 0.6 is 0 Å². The molecule has 1 atom stereocenters. The molecular formula is C16H15FN2O. The van der Waals surface area contributed by atoms with Gasteiger partial charge in [-0.3, -0.25) is 0 Å². The number of hydrogen-bond donors (Lipinski definition) is 1. The maximum Gasteiger partial charge on any atom is 0.148 e. The van der Waals surface area contributed by atoms with Crippen molar-refractivity contribution in [3.63, 3.8) is 0 Å². The Kier molecular flexibility index (Phi) is 4.34. The van der Waals surface area contributed by atoms with Gasteiger partial charge in [0.05, 0.1) is 0 Å². The molecule has 0 aliphatic rings. The molecular weight excluding hydrogens is 255 g/mol. The van der Waals surface area contributed by atoms with Gasteiger partial charge in [-0.25, -0.2) is 4.39 Å². The van der Waals surface area contributed by atoms with E-state index in [4.69, 9.17) is 10.00 Å². The summed E-state index contributed by atoms with van der Waals surface area (Å²) in [6, 6.07) is 13.9. The van der Waals surface area contributed by atoms with Gasteiger partial charge in [-0.05, 0) is 43.8 Å². The number of hydrogen-bond acceptors (Lipinski definition) is 3. The predicted octanol–water partition coefficient (Wildman–Crippen LogP) is 3.77. The van der Waals surface area contributed by atoms with Crippen LogP contribution in [-0.2, 0) is 0 Å².